The number of nitrogens with zero attached hydrogens (tertiary/aromatic N) is 1. The summed E-state index contributed by atoms with van der Waals surface area (Å²) in [6.45, 7) is 4.34. The highest BCUT2D eigenvalue weighted by molar-refractivity contribution is 5.99. The summed E-state index contributed by atoms with van der Waals surface area (Å²) in [6.07, 6.45) is 6.32. The van der Waals surface area contributed by atoms with Crippen LogP contribution in [0.3, 0.4) is 0 Å². The summed E-state index contributed by atoms with van der Waals surface area (Å²) in [7, 11) is 3.85. The first kappa shape index (κ1) is 17.5. The van der Waals surface area contributed by atoms with Gasteiger partial charge in [-0.05, 0) is 68.6 Å². The summed E-state index contributed by atoms with van der Waals surface area (Å²) in [5, 5.41) is 2.70. The number of aromatic nitrogens is 1. The lowest BCUT2D eigenvalue weighted by Crippen LogP contribution is -2.29. The van der Waals surface area contributed by atoms with Gasteiger partial charge in [0, 0.05) is 18.8 Å². The first-order valence-corrected chi connectivity index (χ1v) is 8.99. The summed E-state index contributed by atoms with van der Waals surface area (Å²) in [5.74, 6) is 0.532. The van der Waals surface area contributed by atoms with Crippen LogP contribution < -0.4 is 5.32 Å². The Balaban J connectivity index is 1.91. The Kier molecular flexibility index (Phi) is 5.39. The van der Waals surface area contributed by atoms with Gasteiger partial charge in [-0.25, -0.2) is 0 Å². The number of nitrogens with one attached hydrogen (secondary N) is 2. The van der Waals surface area contributed by atoms with Gasteiger partial charge in [-0.1, -0.05) is 30.3 Å². The van der Waals surface area contributed by atoms with E-state index in [4.69, 9.17) is 0 Å². The van der Waals surface area contributed by atoms with Crippen LogP contribution in [0.1, 0.15) is 52.9 Å². The molecule has 132 valence electrons. The van der Waals surface area contributed by atoms with Crippen LogP contribution in [0.2, 0.25) is 0 Å². The average molecular weight is 337 g/mol. The minimum Gasteiger partial charge on any atom is -0.357 e. The molecule has 0 saturated carbocycles. The van der Waals surface area contributed by atoms with Gasteiger partial charge < -0.3 is 15.2 Å². The van der Waals surface area contributed by atoms with Crippen LogP contribution in [0.15, 0.2) is 42.6 Å². The summed E-state index contributed by atoms with van der Waals surface area (Å²) in [5.41, 5.74) is 5.22. The van der Waals surface area contributed by atoms with Gasteiger partial charge in [0.15, 0.2) is 0 Å². The zero-order valence-electron chi connectivity index (χ0n) is 15.3. The van der Waals surface area contributed by atoms with Crippen molar-refractivity contribution in [3.05, 3.63) is 65.0 Å². The molecule has 3 rings (SSSR count). The van der Waals surface area contributed by atoms with Gasteiger partial charge in [0.05, 0.1) is 0 Å². The number of piperidine rings is 1. The highest BCUT2D eigenvalue weighted by Crippen LogP contribution is 2.32. The number of amides is 1. The fraction of sp³-hybridized carbons (Fsp3) is 0.381. The van der Waals surface area contributed by atoms with Gasteiger partial charge in [0.2, 0.25) is 0 Å². The van der Waals surface area contributed by atoms with Crippen LogP contribution in [-0.4, -0.2) is 43.0 Å². The SMILES string of the molecule is C/C=C(/c1cccc(C2CCN(C)CC2)c1)c1cc[nH]c1C(=O)NC. The molecule has 1 aromatic carbocycles. The third-order valence-electron chi connectivity index (χ3n) is 5.17. The minimum atomic E-state index is -0.0918. The molecule has 2 aromatic rings. The van der Waals surface area contributed by atoms with Crippen LogP contribution in [-0.2, 0) is 0 Å². The predicted octanol–water partition coefficient (Wildman–Crippen LogP) is 3.64. The maximum atomic E-state index is 12.1. The summed E-state index contributed by atoms with van der Waals surface area (Å²) < 4.78 is 0. The van der Waals surface area contributed by atoms with Gasteiger partial charge >= 0.3 is 0 Å². The lowest BCUT2D eigenvalue weighted by atomic mass is 9.87. The second kappa shape index (κ2) is 7.70. The van der Waals surface area contributed by atoms with Gasteiger partial charge in [-0.15, -0.1) is 0 Å². The van der Waals surface area contributed by atoms with Gasteiger partial charge in [0.25, 0.3) is 5.91 Å². The smallest absolute Gasteiger partial charge is 0.268 e. The van der Waals surface area contributed by atoms with E-state index in [1.165, 1.54) is 24.0 Å². The third kappa shape index (κ3) is 3.69. The number of hydrogen-bond acceptors (Lipinski definition) is 2. The predicted molar refractivity (Wildman–Crippen MR) is 103 cm³/mol. The largest absolute Gasteiger partial charge is 0.357 e. The van der Waals surface area contributed by atoms with Crippen molar-refractivity contribution >= 4 is 11.5 Å². The third-order valence-corrected chi connectivity index (χ3v) is 5.17. The van der Waals surface area contributed by atoms with Crippen molar-refractivity contribution < 1.29 is 4.79 Å². The Hall–Kier alpha value is -2.33. The molecule has 25 heavy (non-hydrogen) atoms. The summed E-state index contributed by atoms with van der Waals surface area (Å²) in [4.78, 5) is 17.6. The van der Waals surface area contributed by atoms with Gasteiger partial charge in [0.1, 0.15) is 5.69 Å². The fourth-order valence-electron chi connectivity index (χ4n) is 3.69. The number of likely N-dealkylation sites (tertiary alicyclic amines) is 1. The monoisotopic (exact) mass is 337 g/mol. The topological polar surface area (TPSA) is 48.1 Å². The second-order valence-electron chi connectivity index (χ2n) is 6.75. The molecule has 1 amide bonds. The number of carbonyl (C=O) groups is 1. The van der Waals surface area contributed by atoms with Crippen LogP contribution in [0.25, 0.3) is 5.57 Å². The van der Waals surface area contributed by atoms with Crippen molar-refractivity contribution in [2.75, 3.05) is 27.2 Å². The van der Waals surface area contributed by atoms with Crippen molar-refractivity contribution in [1.82, 2.24) is 15.2 Å². The molecule has 0 radical (unpaired) electrons. The maximum absolute atomic E-state index is 12.1. The molecule has 2 N–H and O–H groups in total. The van der Waals surface area contributed by atoms with E-state index < -0.39 is 0 Å². The Labute approximate surface area is 149 Å². The molecule has 1 aromatic heterocycles. The van der Waals surface area contributed by atoms with Crippen molar-refractivity contribution in [1.29, 1.82) is 0 Å². The van der Waals surface area contributed by atoms with E-state index in [2.05, 4.69) is 52.6 Å². The molecule has 2 heterocycles. The van der Waals surface area contributed by atoms with Crippen molar-refractivity contribution in [2.24, 2.45) is 0 Å². The zero-order chi connectivity index (χ0) is 17.8. The lowest BCUT2D eigenvalue weighted by molar-refractivity contribution is 0.0958. The summed E-state index contributed by atoms with van der Waals surface area (Å²) in [6, 6.07) is 10.8. The van der Waals surface area contributed by atoms with E-state index in [1.54, 1.807) is 7.05 Å². The number of benzene rings is 1. The molecule has 1 fully saturated rings. The molecular weight excluding hydrogens is 310 g/mol. The Morgan fingerprint density at radius 3 is 2.72 bits per heavy atom. The number of H-pyrrole nitrogens is 1. The van der Waals surface area contributed by atoms with E-state index in [9.17, 15) is 4.79 Å². The molecular formula is C21H27N3O. The van der Waals surface area contributed by atoms with E-state index in [1.807, 2.05) is 19.2 Å². The van der Waals surface area contributed by atoms with Crippen LogP contribution in [0.5, 0.6) is 0 Å². The maximum Gasteiger partial charge on any atom is 0.268 e. The quantitative estimate of drug-likeness (QED) is 0.895. The molecule has 0 unspecified atom stereocenters. The molecule has 1 aliphatic rings. The number of aromatic amines is 1. The molecule has 1 saturated heterocycles. The standard InChI is InChI=1S/C21H27N3O/c1-4-18(19-8-11-23-20(19)21(25)22-2)17-7-5-6-16(14-17)15-9-12-24(3)13-10-15/h4-8,11,14-15,23H,9-10,12-13H2,1-3H3,(H,22,25)/b18-4-. The van der Waals surface area contributed by atoms with Crippen molar-refractivity contribution in [3.63, 3.8) is 0 Å². The van der Waals surface area contributed by atoms with E-state index >= 15 is 0 Å². The van der Waals surface area contributed by atoms with Crippen molar-refractivity contribution in [3.8, 4) is 0 Å². The van der Waals surface area contributed by atoms with Crippen LogP contribution >= 0.6 is 0 Å². The van der Waals surface area contributed by atoms with E-state index in [0.717, 1.165) is 24.2 Å². The first-order valence-electron chi connectivity index (χ1n) is 8.99. The molecule has 1 aliphatic heterocycles. The molecule has 0 bridgehead atoms. The average Bonchev–Trinajstić information content (AvgIpc) is 3.12. The minimum absolute atomic E-state index is 0.0918. The Bertz CT molecular complexity index is 767. The molecule has 0 spiro atoms. The van der Waals surface area contributed by atoms with E-state index in [0.29, 0.717) is 11.6 Å². The highest BCUT2D eigenvalue weighted by Gasteiger charge is 2.20. The number of hydrogen-bond donors (Lipinski definition) is 2. The lowest BCUT2D eigenvalue weighted by Gasteiger charge is -2.29. The van der Waals surface area contributed by atoms with Gasteiger partial charge in [-0.3, -0.25) is 4.79 Å². The van der Waals surface area contributed by atoms with Crippen LogP contribution in [0.4, 0.5) is 0 Å². The second-order valence-corrected chi connectivity index (χ2v) is 6.75. The van der Waals surface area contributed by atoms with Gasteiger partial charge in [-0.2, -0.15) is 0 Å². The Morgan fingerprint density at radius 2 is 2.04 bits per heavy atom. The molecule has 0 atom stereocenters. The van der Waals surface area contributed by atoms with Crippen LogP contribution in [0, 0.1) is 0 Å². The molecule has 4 nitrogen and oxygen atoms in total. The Morgan fingerprint density at radius 1 is 1.28 bits per heavy atom. The number of allylic oxidation sites excluding steroid dienone is 1. The first-order chi connectivity index (χ1) is 12.1. The number of rotatable bonds is 4. The normalized spacial score (nSPS) is 16.8. The highest BCUT2D eigenvalue weighted by atomic mass is 16.1. The fourth-order valence-corrected chi connectivity index (χ4v) is 3.69. The summed E-state index contributed by atoms with van der Waals surface area (Å²) >= 11 is 0. The van der Waals surface area contributed by atoms with Crippen molar-refractivity contribution in [2.45, 2.75) is 25.7 Å². The number of carbonyl (C=O) groups excluding carboxylic acids is 1. The molecule has 0 aliphatic carbocycles. The van der Waals surface area contributed by atoms with E-state index in [-0.39, 0.29) is 5.91 Å². The molecule has 4 heteroatoms. The zero-order valence-corrected chi connectivity index (χ0v) is 15.3.